The highest BCUT2D eigenvalue weighted by Crippen LogP contribution is 2.25. The third kappa shape index (κ3) is 4.05. The zero-order valence-corrected chi connectivity index (χ0v) is 13.9. The van der Waals surface area contributed by atoms with E-state index in [1.165, 1.54) is 17.1 Å². The Hall–Kier alpha value is -3.02. The molecule has 0 spiro atoms. The maximum Gasteiger partial charge on any atom is 0.280 e. The maximum absolute atomic E-state index is 13.1. The lowest BCUT2D eigenvalue weighted by Crippen LogP contribution is -2.13. The molecule has 0 aliphatic heterocycles. The van der Waals surface area contributed by atoms with E-state index in [0.29, 0.717) is 22.9 Å². The van der Waals surface area contributed by atoms with Crippen LogP contribution in [0.25, 0.3) is 5.65 Å². The quantitative estimate of drug-likeness (QED) is 0.631. The molecule has 8 nitrogen and oxygen atoms in total. The zero-order chi connectivity index (χ0) is 19.6. The van der Waals surface area contributed by atoms with Crippen molar-refractivity contribution in [3.63, 3.8) is 0 Å². The highest BCUT2D eigenvalue weighted by atomic mass is 19.3. The fourth-order valence-electron chi connectivity index (χ4n) is 2.27. The predicted molar refractivity (Wildman–Crippen MR) is 84.7 cm³/mol. The number of nitrogens with one attached hydrogen (secondary N) is 1. The molecule has 0 atom stereocenters. The average Bonchev–Trinajstić information content (AvgIpc) is 3.25. The normalized spacial score (nSPS) is 11.7. The van der Waals surface area contributed by atoms with Crippen molar-refractivity contribution in [1.82, 2.24) is 24.4 Å². The van der Waals surface area contributed by atoms with Crippen molar-refractivity contribution in [2.24, 2.45) is 0 Å². The molecule has 0 saturated heterocycles. The number of hydrogen-bond donors (Lipinski definition) is 1. The number of amides is 1. The van der Waals surface area contributed by atoms with Crippen LogP contribution in [0.2, 0.25) is 0 Å². The third-order valence-electron chi connectivity index (χ3n) is 3.47. The van der Waals surface area contributed by atoms with Crippen LogP contribution in [0.1, 0.15) is 41.7 Å². The highest BCUT2D eigenvalue weighted by molar-refractivity contribution is 6.03. The van der Waals surface area contributed by atoms with Gasteiger partial charge in [0.1, 0.15) is 18.1 Å². The van der Waals surface area contributed by atoms with Crippen molar-refractivity contribution in [2.45, 2.75) is 26.5 Å². The maximum atomic E-state index is 13.1. The van der Waals surface area contributed by atoms with Crippen LogP contribution in [0, 0.1) is 0 Å². The van der Waals surface area contributed by atoms with Gasteiger partial charge in [0.25, 0.3) is 18.8 Å². The summed E-state index contributed by atoms with van der Waals surface area (Å²) >= 11 is 0. The smallest absolute Gasteiger partial charge is 0.280 e. The number of anilines is 1. The topological polar surface area (TPSA) is 86.3 Å². The molecule has 0 bridgehead atoms. The number of ether oxygens (including phenoxy) is 1. The van der Waals surface area contributed by atoms with Crippen molar-refractivity contribution in [1.29, 1.82) is 0 Å². The largest absolute Gasteiger partial charge is 0.360 e. The van der Waals surface area contributed by atoms with Gasteiger partial charge in [0.15, 0.2) is 11.3 Å². The Morgan fingerprint density at radius 3 is 2.70 bits per heavy atom. The van der Waals surface area contributed by atoms with Crippen LogP contribution in [-0.4, -0.2) is 36.9 Å². The standard InChI is InChI=1S/C15H14F4N6O2/c1-2-27-7-24-6-8(5-20-24)21-15(26)10-4-12-22-9(13(16)17)3-11(14(18)19)25(12)23-10/h3-6,13-14H,2,7H2,1H3,(H,21,26). The van der Waals surface area contributed by atoms with Crippen molar-refractivity contribution >= 4 is 17.2 Å². The molecule has 144 valence electrons. The fourth-order valence-corrected chi connectivity index (χ4v) is 2.27. The van der Waals surface area contributed by atoms with Crippen LogP contribution in [0.5, 0.6) is 0 Å². The Balaban J connectivity index is 1.86. The third-order valence-corrected chi connectivity index (χ3v) is 3.47. The first kappa shape index (κ1) is 18.8. The lowest BCUT2D eigenvalue weighted by atomic mass is 10.3. The van der Waals surface area contributed by atoms with Gasteiger partial charge in [0, 0.05) is 12.7 Å². The molecule has 3 rings (SSSR count). The van der Waals surface area contributed by atoms with Crippen LogP contribution in [-0.2, 0) is 11.5 Å². The van der Waals surface area contributed by atoms with Crippen molar-refractivity contribution in [3.8, 4) is 0 Å². The summed E-state index contributed by atoms with van der Waals surface area (Å²) < 4.78 is 59.3. The number of rotatable bonds is 7. The van der Waals surface area contributed by atoms with Gasteiger partial charge in [0.05, 0.1) is 18.1 Å². The van der Waals surface area contributed by atoms with E-state index >= 15 is 0 Å². The predicted octanol–water partition coefficient (Wildman–Crippen LogP) is 3.05. The van der Waals surface area contributed by atoms with Crippen molar-refractivity contribution in [2.75, 3.05) is 11.9 Å². The van der Waals surface area contributed by atoms with Crippen molar-refractivity contribution < 1.29 is 27.1 Å². The van der Waals surface area contributed by atoms with Gasteiger partial charge in [-0.3, -0.25) is 4.79 Å². The van der Waals surface area contributed by atoms with E-state index in [1.54, 1.807) is 0 Å². The lowest BCUT2D eigenvalue weighted by Gasteiger charge is -2.06. The molecule has 1 amide bonds. The Kier molecular flexibility index (Phi) is 5.35. The number of alkyl halides is 4. The molecular weight excluding hydrogens is 372 g/mol. The molecule has 27 heavy (non-hydrogen) atoms. The summed E-state index contributed by atoms with van der Waals surface area (Å²) in [7, 11) is 0. The summed E-state index contributed by atoms with van der Waals surface area (Å²) in [5, 5.41) is 10.2. The summed E-state index contributed by atoms with van der Waals surface area (Å²) in [4.78, 5) is 15.9. The highest BCUT2D eigenvalue weighted by Gasteiger charge is 2.22. The Morgan fingerprint density at radius 2 is 2.04 bits per heavy atom. The van der Waals surface area contributed by atoms with Gasteiger partial charge in [-0.15, -0.1) is 0 Å². The van der Waals surface area contributed by atoms with Crippen LogP contribution < -0.4 is 5.32 Å². The number of aromatic nitrogens is 5. The van der Waals surface area contributed by atoms with Gasteiger partial charge in [0.2, 0.25) is 0 Å². The Labute approximate surface area is 149 Å². The monoisotopic (exact) mass is 386 g/mol. The lowest BCUT2D eigenvalue weighted by molar-refractivity contribution is 0.0792. The molecule has 3 heterocycles. The number of hydrogen-bond acceptors (Lipinski definition) is 5. The molecule has 1 N–H and O–H groups in total. The van der Waals surface area contributed by atoms with Crippen LogP contribution in [0.15, 0.2) is 24.5 Å². The van der Waals surface area contributed by atoms with Crippen LogP contribution >= 0.6 is 0 Å². The molecule has 0 aliphatic rings. The zero-order valence-electron chi connectivity index (χ0n) is 13.9. The minimum absolute atomic E-state index is 0.193. The van der Waals surface area contributed by atoms with Gasteiger partial charge in [-0.2, -0.15) is 10.2 Å². The van der Waals surface area contributed by atoms with E-state index in [9.17, 15) is 22.4 Å². The second-order valence-corrected chi connectivity index (χ2v) is 5.35. The number of nitrogens with zero attached hydrogens (tertiary/aromatic N) is 5. The van der Waals surface area contributed by atoms with Gasteiger partial charge >= 0.3 is 0 Å². The Morgan fingerprint density at radius 1 is 1.26 bits per heavy atom. The summed E-state index contributed by atoms with van der Waals surface area (Å²) in [6, 6.07) is 1.62. The first-order valence-electron chi connectivity index (χ1n) is 7.77. The number of halogens is 4. The minimum atomic E-state index is -3.07. The molecule has 0 aromatic carbocycles. The molecule has 0 aliphatic carbocycles. The number of carbonyl (C=O) groups excluding carboxylic acids is 1. The summed E-state index contributed by atoms with van der Waals surface area (Å²) in [5.74, 6) is -0.727. The molecule has 3 aromatic heterocycles. The fraction of sp³-hybridized carbons (Fsp3) is 0.333. The summed E-state index contributed by atoms with van der Waals surface area (Å²) in [6.45, 7) is 2.50. The molecule has 3 aromatic rings. The first-order chi connectivity index (χ1) is 12.9. The van der Waals surface area contributed by atoms with Crippen LogP contribution in [0.4, 0.5) is 23.2 Å². The second-order valence-electron chi connectivity index (χ2n) is 5.35. The van der Waals surface area contributed by atoms with E-state index < -0.39 is 30.1 Å². The van der Waals surface area contributed by atoms with Gasteiger partial charge < -0.3 is 10.1 Å². The van der Waals surface area contributed by atoms with E-state index in [2.05, 4.69) is 20.5 Å². The minimum Gasteiger partial charge on any atom is -0.360 e. The number of fused-ring (bicyclic) bond motifs is 1. The summed E-state index contributed by atoms with van der Waals surface area (Å²) in [5.41, 5.74) is -1.80. The second kappa shape index (κ2) is 7.70. The average molecular weight is 386 g/mol. The van der Waals surface area contributed by atoms with E-state index in [0.717, 1.165) is 6.07 Å². The van der Waals surface area contributed by atoms with E-state index in [1.807, 2.05) is 6.92 Å². The molecule has 0 fully saturated rings. The molecule has 0 saturated carbocycles. The van der Waals surface area contributed by atoms with E-state index in [-0.39, 0.29) is 18.1 Å². The number of carbonyl (C=O) groups is 1. The van der Waals surface area contributed by atoms with Crippen LogP contribution in [0.3, 0.4) is 0 Å². The first-order valence-corrected chi connectivity index (χ1v) is 7.77. The SMILES string of the molecule is CCOCn1cc(NC(=O)c2cc3nc(C(F)F)cc(C(F)F)n3n2)cn1. The molecule has 0 radical (unpaired) electrons. The van der Waals surface area contributed by atoms with E-state index in [4.69, 9.17) is 4.74 Å². The van der Waals surface area contributed by atoms with Crippen molar-refractivity contribution in [3.05, 3.63) is 41.6 Å². The summed E-state index contributed by atoms with van der Waals surface area (Å²) in [6.07, 6.45) is -3.23. The molecular formula is C15H14F4N6O2. The molecule has 12 heteroatoms. The van der Waals surface area contributed by atoms with Gasteiger partial charge in [-0.1, -0.05) is 0 Å². The van der Waals surface area contributed by atoms with Gasteiger partial charge in [-0.25, -0.2) is 31.7 Å². The van der Waals surface area contributed by atoms with Gasteiger partial charge in [-0.05, 0) is 13.0 Å². The Bertz CT molecular complexity index is 955. The molecule has 0 unspecified atom stereocenters.